The first-order valence-corrected chi connectivity index (χ1v) is 9.63. The van der Waals surface area contributed by atoms with E-state index in [1.54, 1.807) is 12.1 Å². The molecular formula is C18H24N4O8S. The van der Waals surface area contributed by atoms with E-state index in [9.17, 15) is 29.1 Å². The Bertz CT molecular complexity index is 817. The van der Waals surface area contributed by atoms with E-state index in [1.807, 2.05) is 0 Å². The lowest BCUT2D eigenvalue weighted by Crippen LogP contribution is -2.57. The van der Waals surface area contributed by atoms with Gasteiger partial charge < -0.3 is 37.0 Å². The van der Waals surface area contributed by atoms with Gasteiger partial charge in [-0.15, -0.1) is 0 Å². The Labute approximate surface area is 182 Å². The van der Waals surface area contributed by atoms with Gasteiger partial charge in [-0.05, 0) is 24.1 Å². The van der Waals surface area contributed by atoms with Crippen molar-refractivity contribution in [3.63, 3.8) is 0 Å². The van der Waals surface area contributed by atoms with Gasteiger partial charge in [0.1, 0.15) is 24.4 Å². The molecule has 3 amide bonds. The average Bonchev–Trinajstić information content (AvgIpc) is 2.70. The molecule has 0 radical (unpaired) electrons. The number of nitrogens with two attached hydrogens (primary N) is 1. The van der Waals surface area contributed by atoms with Crippen LogP contribution in [0.4, 0.5) is 0 Å². The van der Waals surface area contributed by atoms with Gasteiger partial charge in [-0.1, -0.05) is 12.1 Å². The highest BCUT2D eigenvalue weighted by molar-refractivity contribution is 7.80. The molecule has 3 atom stereocenters. The van der Waals surface area contributed by atoms with Crippen LogP contribution in [0.15, 0.2) is 24.3 Å². The average molecular weight is 456 g/mol. The molecule has 0 aliphatic rings. The van der Waals surface area contributed by atoms with Crippen LogP contribution >= 0.6 is 12.6 Å². The molecule has 0 aliphatic heterocycles. The molecule has 0 aromatic heterocycles. The second-order valence-corrected chi connectivity index (χ2v) is 6.86. The third kappa shape index (κ3) is 9.35. The van der Waals surface area contributed by atoms with Crippen LogP contribution in [0.3, 0.4) is 0 Å². The predicted octanol–water partition coefficient (Wildman–Crippen LogP) is -2.16. The van der Waals surface area contributed by atoms with Crippen LogP contribution in [0.25, 0.3) is 0 Å². The van der Waals surface area contributed by atoms with Crippen molar-refractivity contribution >= 4 is 42.3 Å². The molecule has 0 saturated heterocycles. The molecule has 12 nitrogen and oxygen atoms in total. The Balaban J connectivity index is 2.78. The predicted molar refractivity (Wildman–Crippen MR) is 110 cm³/mol. The molecule has 13 heteroatoms. The summed E-state index contributed by atoms with van der Waals surface area (Å²) in [7, 11) is 0. The van der Waals surface area contributed by atoms with Gasteiger partial charge in [0.05, 0.1) is 12.5 Å². The maximum Gasteiger partial charge on any atom is 0.322 e. The fourth-order valence-corrected chi connectivity index (χ4v) is 2.65. The number of benzene rings is 1. The van der Waals surface area contributed by atoms with Gasteiger partial charge in [0.25, 0.3) is 0 Å². The summed E-state index contributed by atoms with van der Waals surface area (Å²) in [6, 6.07) is 2.02. The van der Waals surface area contributed by atoms with Crippen LogP contribution in [0.1, 0.15) is 12.0 Å². The van der Waals surface area contributed by atoms with E-state index < -0.39 is 60.8 Å². The summed E-state index contributed by atoms with van der Waals surface area (Å²) in [6.45, 7) is -0.680. The minimum absolute atomic E-state index is 0.0334. The maximum atomic E-state index is 12.5. The second-order valence-electron chi connectivity index (χ2n) is 6.49. The molecule has 3 unspecified atom stereocenters. The second kappa shape index (κ2) is 12.4. The molecular weight excluding hydrogens is 432 g/mol. The van der Waals surface area contributed by atoms with Crippen LogP contribution in [0.2, 0.25) is 0 Å². The van der Waals surface area contributed by atoms with Crippen LogP contribution < -0.4 is 21.7 Å². The zero-order chi connectivity index (χ0) is 23.6. The number of aliphatic carboxylic acids is 2. The van der Waals surface area contributed by atoms with E-state index in [4.69, 9.17) is 15.9 Å². The van der Waals surface area contributed by atoms with Gasteiger partial charge in [0, 0.05) is 5.75 Å². The number of amides is 3. The van der Waals surface area contributed by atoms with E-state index in [0.717, 1.165) is 0 Å². The first-order valence-electron chi connectivity index (χ1n) is 8.99. The summed E-state index contributed by atoms with van der Waals surface area (Å²) >= 11 is 3.91. The van der Waals surface area contributed by atoms with E-state index in [0.29, 0.717) is 5.56 Å². The van der Waals surface area contributed by atoms with Gasteiger partial charge in [-0.3, -0.25) is 24.0 Å². The summed E-state index contributed by atoms with van der Waals surface area (Å²) < 4.78 is 0. The number of phenols is 1. The highest BCUT2D eigenvalue weighted by Gasteiger charge is 2.29. The molecule has 0 spiro atoms. The van der Waals surface area contributed by atoms with Gasteiger partial charge in [-0.25, -0.2) is 0 Å². The molecule has 8 N–H and O–H groups in total. The topological polar surface area (TPSA) is 208 Å². The van der Waals surface area contributed by atoms with Gasteiger partial charge >= 0.3 is 11.9 Å². The highest BCUT2D eigenvalue weighted by Crippen LogP contribution is 2.11. The molecule has 1 rings (SSSR count). The van der Waals surface area contributed by atoms with Crippen LogP contribution in [0, 0.1) is 0 Å². The molecule has 0 saturated carbocycles. The summed E-state index contributed by atoms with van der Waals surface area (Å²) in [5.41, 5.74) is 6.45. The normalized spacial score (nSPS) is 13.4. The lowest BCUT2D eigenvalue weighted by molar-refractivity contribution is -0.141. The van der Waals surface area contributed by atoms with Crippen molar-refractivity contribution in [2.75, 3.05) is 12.3 Å². The van der Waals surface area contributed by atoms with Crippen molar-refractivity contribution in [1.29, 1.82) is 0 Å². The zero-order valence-corrected chi connectivity index (χ0v) is 17.2. The number of rotatable bonds is 12. The molecule has 170 valence electrons. The Morgan fingerprint density at radius 3 is 2.00 bits per heavy atom. The van der Waals surface area contributed by atoms with Crippen LogP contribution in [-0.2, 0) is 30.4 Å². The van der Waals surface area contributed by atoms with Crippen molar-refractivity contribution in [3.8, 4) is 5.75 Å². The molecule has 0 heterocycles. The highest BCUT2D eigenvalue weighted by atomic mass is 32.1. The Morgan fingerprint density at radius 2 is 1.48 bits per heavy atom. The number of nitrogens with one attached hydrogen (secondary N) is 3. The fraction of sp³-hybridized carbons (Fsp3) is 0.389. The SMILES string of the molecule is NC(Cc1ccc(O)cc1)C(=O)NC(CC(=O)O)C(=O)NC(CS)C(=O)NCC(=O)O. The number of carbonyl (C=O) groups is 5. The van der Waals surface area contributed by atoms with Gasteiger partial charge in [-0.2, -0.15) is 12.6 Å². The number of carbonyl (C=O) groups excluding carboxylic acids is 3. The number of phenolic OH excluding ortho intramolecular Hbond substituents is 1. The Morgan fingerprint density at radius 1 is 0.903 bits per heavy atom. The minimum atomic E-state index is -1.54. The number of hydrogen-bond acceptors (Lipinski definition) is 8. The zero-order valence-electron chi connectivity index (χ0n) is 16.3. The van der Waals surface area contributed by atoms with Gasteiger partial charge in [0.2, 0.25) is 17.7 Å². The lowest BCUT2D eigenvalue weighted by Gasteiger charge is -2.22. The van der Waals surface area contributed by atoms with Crippen molar-refractivity contribution in [3.05, 3.63) is 29.8 Å². The third-order valence-corrected chi connectivity index (χ3v) is 4.33. The first-order chi connectivity index (χ1) is 14.5. The van der Waals surface area contributed by atoms with E-state index in [1.165, 1.54) is 12.1 Å². The summed E-state index contributed by atoms with van der Waals surface area (Å²) in [5, 5.41) is 33.5. The standard InChI is InChI=1S/C18H24N4O8S/c19-11(5-9-1-3-10(23)4-2-9)16(28)21-12(6-14(24)25)18(30)22-13(8-31)17(29)20-7-15(26)27/h1-4,11-13,23,31H,5-8,19H2,(H,20,29)(H,21,28)(H,22,30)(H,24,25)(H,26,27). The molecule has 1 aromatic carbocycles. The number of carboxylic acids is 2. The van der Waals surface area contributed by atoms with E-state index in [-0.39, 0.29) is 17.9 Å². The molecule has 0 fully saturated rings. The Hall–Kier alpha value is -3.32. The number of aromatic hydroxyl groups is 1. The first kappa shape index (κ1) is 25.7. The third-order valence-electron chi connectivity index (χ3n) is 3.97. The maximum absolute atomic E-state index is 12.5. The molecule has 1 aromatic rings. The largest absolute Gasteiger partial charge is 0.508 e. The van der Waals surface area contributed by atoms with Crippen molar-refractivity contribution in [2.45, 2.75) is 31.0 Å². The van der Waals surface area contributed by atoms with Crippen molar-refractivity contribution in [1.82, 2.24) is 16.0 Å². The molecule has 0 aliphatic carbocycles. The lowest BCUT2D eigenvalue weighted by atomic mass is 10.0. The van der Waals surface area contributed by atoms with Crippen LogP contribution in [0.5, 0.6) is 5.75 Å². The van der Waals surface area contributed by atoms with E-state index in [2.05, 4.69) is 28.6 Å². The number of hydrogen-bond donors (Lipinski definition) is 8. The Kier molecular flexibility index (Phi) is 10.3. The van der Waals surface area contributed by atoms with E-state index >= 15 is 0 Å². The van der Waals surface area contributed by atoms with Crippen molar-refractivity contribution < 1.29 is 39.3 Å². The fourth-order valence-electron chi connectivity index (χ4n) is 2.39. The number of thiol groups is 1. The quantitative estimate of drug-likeness (QED) is 0.161. The molecule has 31 heavy (non-hydrogen) atoms. The summed E-state index contributed by atoms with van der Waals surface area (Å²) in [5.74, 6) is -5.46. The van der Waals surface area contributed by atoms with Gasteiger partial charge in [0.15, 0.2) is 0 Å². The summed E-state index contributed by atoms with van der Waals surface area (Å²) in [6.07, 6.45) is -0.718. The smallest absolute Gasteiger partial charge is 0.322 e. The van der Waals surface area contributed by atoms with Crippen LogP contribution in [-0.4, -0.2) is 75.4 Å². The minimum Gasteiger partial charge on any atom is -0.508 e. The monoisotopic (exact) mass is 456 g/mol. The van der Waals surface area contributed by atoms with Crippen molar-refractivity contribution in [2.24, 2.45) is 5.73 Å². The summed E-state index contributed by atoms with van der Waals surface area (Å²) in [4.78, 5) is 58.4. The molecule has 0 bridgehead atoms. The number of carboxylic acid groups (broad SMARTS) is 2.